The fraction of sp³-hybridized carbons (Fsp3) is 0. The number of hydrogen-bond acceptors (Lipinski definition) is 5. The maximum Gasteiger partial charge on any atom is 0.303 e. The largest absolute Gasteiger partial charge is 0.324 e. The van der Waals surface area contributed by atoms with Crippen LogP contribution < -0.4 is 0 Å². The van der Waals surface area contributed by atoms with Crippen molar-refractivity contribution in [3.63, 3.8) is 0 Å². The van der Waals surface area contributed by atoms with E-state index in [9.17, 15) is 10.1 Å². The Labute approximate surface area is 66.4 Å². The zero-order valence-electron chi connectivity index (χ0n) is 5.30. The molecular weight excluding hydrogens is 168 g/mol. The topological polar surface area (TPSA) is 76.3 Å². The quantitative estimate of drug-likeness (QED) is 0.416. The van der Waals surface area contributed by atoms with Crippen LogP contribution in [0.2, 0.25) is 0 Å². The molecule has 0 aromatic carbocycles. The highest BCUT2D eigenvalue weighted by Crippen LogP contribution is 2.22. The van der Waals surface area contributed by atoms with E-state index in [4.69, 9.17) is 4.55 Å². The third-order valence-corrected chi connectivity index (χ3v) is 1.52. The third kappa shape index (κ3) is 1.66. The van der Waals surface area contributed by atoms with Crippen LogP contribution in [0.4, 0.5) is 5.69 Å². The molecule has 0 radical (unpaired) electrons. The fourth-order valence-corrected chi connectivity index (χ4v) is 0.936. The average molecular weight is 172 g/mol. The van der Waals surface area contributed by atoms with Gasteiger partial charge in [0, 0.05) is 12.3 Å². The zero-order chi connectivity index (χ0) is 8.27. The second-order valence-electron chi connectivity index (χ2n) is 1.68. The van der Waals surface area contributed by atoms with Gasteiger partial charge in [0.05, 0.1) is 17.0 Å². The lowest BCUT2D eigenvalue weighted by molar-refractivity contribution is -0.388. The Morgan fingerprint density at radius 2 is 2.45 bits per heavy atom. The minimum absolute atomic E-state index is 0.0116. The van der Waals surface area contributed by atoms with Gasteiger partial charge in [-0.05, 0) is 6.07 Å². The molecule has 6 heteroatoms. The molecule has 0 bridgehead atoms. The lowest BCUT2D eigenvalue weighted by Gasteiger charge is -1.93. The van der Waals surface area contributed by atoms with Gasteiger partial charge in [-0.1, -0.05) is 0 Å². The third-order valence-electron chi connectivity index (χ3n) is 1.03. The Hall–Kier alpha value is -1.14. The van der Waals surface area contributed by atoms with Crippen molar-refractivity contribution in [3.05, 3.63) is 28.4 Å². The SMILES string of the molecule is O=[N+]([O-])c1cccnc1SO. The highest BCUT2D eigenvalue weighted by Gasteiger charge is 2.13. The van der Waals surface area contributed by atoms with Crippen molar-refractivity contribution in [2.45, 2.75) is 5.03 Å². The molecule has 0 amide bonds. The normalized spacial score (nSPS) is 9.55. The molecule has 1 heterocycles. The van der Waals surface area contributed by atoms with E-state index in [1.54, 1.807) is 0 Å². The van der Waals surface area contributed by atoms with Gasteiger partial charge in [-0.2, -0.15) is 0 Å². The zero-order valence-corrected chi connectivity index (χ0v) is 6.11. The van der Waals surface area contributed by atoms with Crippen molar-refractivity contribution in [2.24, 2.45) is 0 Å². The first-order valence-corrected chi connectivity index (χ1v) is 3.44. The van der Waals surface area contributed by atoms with Gasteiger partial charge < -0.3 is 4.55 Å². The maximum absolute atomic E-state index is 10.2. The molecule has 0 spiro atoms. The van der Waals surface area contributed by atoms with Gasteiger partial charge in [-0.15, -0.1) is 0 Å². The summed E-state index contributed by atoms with van der Waals surface area (Å²) in [7, 11) is 0. The molecule has 1 rings (SSSR count). The van der Waals surface area contributed by atoms with Gasteiger partial charge in [0.15, 0.2) is 0 Å². The summed E-state index contributed by atoms with van der Waals surface area (Å²) in [6, 6.07) is 2.73. The predicted octanol–water partition coefficient (Wildman–Crippen LogP) is 1.55. The van der Waals surface area contributed by atoms with E-state index >= 15 is 0 Å². The molecule has 0 aliphatic heterocycles. The summed E-state index contributed by atoms with van der Waals surface area (Å²) in [5.41, 5.74) is -0.181. The average Bonchev–Trinajstić information content (AvgIpc) is 2.04. The first kappa shape index (κ1) is 7.96. The number of pyridine rings is 1. The van der Waals surface area contributed by atoms with Gasteiger partial charge in [0.2, 0.25) is 5.03 Å². The molecule has 0 unspecified atom stereocenters. The number of aromatic nitrogens is 1. The monoisotopic (exact) mass is 172 g/mol. The van der Waals surface area contributed by atoms with Gasteiger partial charge in [-0.3, -0.25) is 10.1 Å². The molecule has 0 aliphatic rings. The minimum Gasteiger partial charge on any atom is -0.324 e. The summed E-state index contributed by atoms with van der Waals surface area (Å²) in [5, 5.41) is 10.2. The molecule has 0 saturated carbocycles. The molecule has 5 nitrogen and oxygen atoms in total. The van der Waals surface area contributed by atoms with E-state index in [0.29, 0.717) is 0 Å². The second-order valence-corrected chi connectivity index (χ2v) is 2.25. The molecule has 58 valence electrons. The fourth-order valence-electron chi connectivity index (χ4n) is 0.592. The van der Waals surface area contributed by atoms with Crippen LogP contribution in [0.15, 0.2) is 23.4 Å². The van der Waals surface area contributed by atoms with E-state index in [0.717, 1.165) is 0 Å². The number of rotatable bonds is 2. The van der Waals surface area contributed by atoms with E-state index < -0.39 is 4.92 Å². The molecule has 0 atom stereocenters. The smallest absolute Gasteiger partial charge is 0.303 e. The Morgan fingerprint density at radius 3 is 2.91 bits per heavy atom. The Kier molecular flexibility index (Phi) is 2.40. The summed E-state index contributed by atoms with van der Waals surface area (Å²) in [6.07, 6.45) is 1.38. The number of nitro groups is 1. The lowest BCUT2D eigenvalue weighted by atomic mass is 10.4. The van der Waals surface area contributed by atoms with Crippen LogP contribution in [-0.4, -0.2) is 14.5 Å². The lowest BCUT2D eigenvalue weighted by Crippen LogP contribution is -1.91. The predicted molar refractivity (Wildman–Crippen MR) is 39.4 cm³/mol. The second kappa shape index (κ2) is 3.31. The number of nitrogens with zero attached hydrogens (tertiary/aromatic N) is 2. The molecule has 0 fully saturated rings. The summed E-state index contributed by atoms with van der Waals surface area (Å²) in [5.74, 6) is 0. The highest BCUT2D eigenvalue weighted by atomic mass is 32.2. The van der Waals surface area contributed by atoms with Crippen molar-refractivity contribution < 1.29 is 9.48 Å². The van der Waals surface area contributed by atoms with Crippen molar-refractivity contribution in [3.8, 4) is 0 Å². The summed E-state index contributed by atoms with van der Waals surface area (Å²) in [4.78, 5) is 13.2. The Balaban J connectivity index is 3.12. The number of hydrogen-bond donors (Lipinski definition) is 1. The van der Waals surface area contributed by atoms with Crippen molar-refractivity contribution in [1.29, 1.82) is 0 Å². The van der Waals surface area contributed by atoms with Gasteiger partial charge in [0.25, 0.3) is 0 Å². The molecule has 1 N–H and O–H groups in total. The van der Waals surface area contributed by atoms with E-state index in [1.807, 2.05) is 0 Å². The summed E-state index contributed by atoms with van der Waals surface area (Å²) < 4.78 is 8.52. The first-order valence-electron chi connectivity index (χ1n) is 2.66. The standard InChI is InChI=1S/C5H4N2O3S/c8-7(9)4-2-1-3-6-5(4)11-10/h1-3,10H. The Morgan fingerprint density at radius 1 is 1.73 bits per heavy atom. The van der Waals surface area contributed by atoms with Crippen LogP contribution in [-0.2, 0) is 0 Å². The van der Waals surface area contributed by atoms with E-state index in [-0.39, 0.29) is 22.8 Å². The summed E-state index contributed by atoms with van der Waals surface area (Å²) >= 11 is 0.271. The van der Waals surface area contributed by atoms with Crippen LogP contribution in [0, 0.1) is 10.1 Å². The molecule has 1 aromatic rings. The van der Waals surface area contributed by atoms with Crippen LogP contribution in [0.3, 0.4) is 0 Å². The molecule has 0 saturated heterocycles. The van der Waals surface area contributed by atoms with Crippen LogP contribution >= 0.6 is 12.0 Å². The molecule has 11 heavy (non-hydrogen) atoms. The van der Waals surface area contributed by atoms with Crippen LogP contribution in [0.1, 0.15) is 0 Å². The van der Waals surface area contributed by atoms with Crippen molar-refractivity contribution in [2.75, 3.05) is 0 Å². The molecule has 0 aliphatic carbocycles. The van der Waals surface area contributed by atoms with Gasteiger partial charge in [-0.25, -0.2) is 4.98 Å². The van der Waals surface area contributed by atoms with Crippen LogP contribution in [0.5, 0.6) is 0 Å². The molecule has 1 aromatic heterocycles. The van der Waals surface area contributed by atoms with E-state index in [1.165, 1.54) is 18.3 Å². The first-order chi connectivity index (χ1) is 5.25. The van der Waals surface area contributed by atoms with Crippen molar-refractivity contribution >= 4 is 17.7 Å². The molecular formula is C5H4N2O3S. The highest BCUT2D eigenvalue weighted by molar-refractivity contribution is 7.93. The Bertz CT molecular complexity index is 278. The minimum atomic E-state index is -0.592. The van der Waals surface area contributed by atoms with Gasteiger partial charge in [0.1, 0.15) is 0 Å². The van der Waals surface area contributed by atoms with Gasteiger partial charge >= 0.3 is 5.69 Å². The maximum atomic E-state index is 10.2. The van der Waals surface area contributed by atoms with E-state index in [2.05, 4.69) is 4.98 Å². The van der Waals surface area contributed by atoms with Crippen LogP contribution in [0.25, 0.3) is 0 Å². The van der Waals surface area contributed by atoms with Crippen molar-refractivity contribution in [1.82, 2.24) is 4.98 Å². The summed E-state index contributed by atoms with van der Waals surface area (Å²) in [6.45, 7) is 0.